The number of fused-ring (bicyclic) bond motifs is 1. The molecular formula is C22H20N4O3. The summed E-state index contributed by atoms with van der Waals surface area (Å²) in [6, 6.07) is 14.8. The third-order valence-electron chi connectivity index (χ3n) is 4.50. The molecule has 0 unspecified atom stereocenters. The number of carbonyl (C=O) groups excluding carboxylic acids is 1. The van der Waals surface area contributed by atoms with Gasteiger partial charge in [0.05, 0.1) is 12.6 Å². The molecule has 1 amide bonds. The molecule has 0 aliphatic rings. The predicted molar refractivity (Wildman–Crippen MR) is 110 cm³/mol. The second-order valence-electron chi connectivity index (χ2n) is 6.59. The van der Waals surface area contributed by atoms with Crippen molar-refractivity contribution in [1.29, 1.82) is 0 Å². The van der Waals surface area contributed by atoms with Crippen LogP contribution in [0.2, 0.25) is 0 Å². The van der Waals surface area contributed by atoms with Gasteiger partial charge in [0.15, 0.2) is 17.2 Å². The van der Waals surface area contributed by atoms with Crippen molar-refractivity contribution in [2.24, 2.45) is 0 Å². The number of benzene rings is 2. The van der Waals surface area contributed by atoms with Crippen LogP contribution in [0.25, 0.3) is 10.9 Å². The molecule has 2 heterocycles. The number of hydrogen-bond donors (Lipinski definition) is 2. The number of nitrogens with one attached hydrogen (secondary N) is 2. The minimum Gasteiger partial charge on any atom is -0.493 e. The second-order valence-corrected chi connectivity index (χ2v) is 6.59. The molecule has 0 saturated carbocycles. The highest BCUT2D eigenvalue weighted by Crippen LogP contribution is 2.31. The van der Waals surface area contributed by atoms with Gasteiger partial charge in [0.25, 0.3) is 5.91 Å². The number of ether oxygens (including phenoxy) is 2. The van der Waals surface area contributed by atoms with Gasteiger partial charge in [0.1, 0.15) is 6.61 Å². The maximum atomic E-state index is 12.8. The van der Waals surface area contributed by atoms with E-state index in [4.69, 9.17) is 9.47 Å². The van der Waals surface area contributed by atoms with Gasteiger partial charge in [-0.2, -0.15) is 5.10 Å². The molecular weight excluding hydrogens is 368 g/mol. The van der Waals surface area contributed by atoms with Gasteiger partial charge < -0.3 is 14.8 Å². The first-order valence-electron chi connectivity index (χ1n) is 9.10. The van der Waals surface area contributed by atoms with Gasteiger partial charge in [-0.3, -0.25) is 14.9 Å². The highest BCUT2D eigenvalue weighted by atomic mass is 16.5. The molecule has 0 aliphatic carbocycles. The van der Waals surface area contributed by atoms with Gasteiger partial charge in [-0.25, -0.2) is 0 Å². The van der Waals surface area contributed by atoms with Crippen molar-refractivity contribution in [3.8, 4) is 11.5 Å². The number of carbonyl (C=O) groups is 1. The summed E-state index contributed by atoms with van der Waals surface area (Å²) in [5, 5.41) is 10.7. The molecule has 4 rings (SSSR count). The fourth-order valence-corrected chi connectivity index (χ4v) is 3.00. The van der Waals surface area contributed by atoms with E-state index < -0.39 is 0 Å². The predicted octanol–water partition coefficient (Wildman–Crippen LogP) is 4.11. The highest BCUT2D eigenvalue weighted by molar-refractivity contribution is 6.11. The van der Waals surface area contributed by atoms with E-state index in [1.54, 1.807) is 37.7 Å². The van der Waals surface area contributed by atoms with Gasteiger partial charge >= 0.3 is 0 Å². The number of aromatic nitrogens is 3. The maximum absolute atomic E-state index is 12.8. The quantitative estimate of drug-likeness (QED) is 0.519. The Labute approximate surface area is 167 Å². The molecule has 0 aliphatic heterocycles. The zero-order chi connectivity index (χ0) is 20.2. The topological polar surface area (TPSA) is 89.1 Å². The van der Waals surface area contributed by atoms with Gasteiger partial charge in [-0.05, 0) is 48.9 Å². The van der Waals surface area contributed by atoms with Crippen LogP contribution in [0.1, 0.15) is 21.6 Å². The molecule has 29 heavy (non-hydrogen) atoms. The second kappa shape index (κ2) is 8.02. The Morgan fingerprint density at radius 3 is 2.69 bits per heavy atom. The monoisotopic (exact) mass is 388 g/mol. The summed E-state index contributed by atoms with van der Waals surface area (Å²) in [5.74, 6) is 0.815. The normalized spacial score (nSPS) is 10.7. The Kier molecular flexibility index (Phi) is 5.11. The van der Waals surface area contributed by atoms with E-state index in [2.05, 4.69) is 20.5 Å². The van der Waals surface area contributed by atoms with Gasteiger partial charge in [-0.15, -0.1) is 0 Å². The Hall–Kier alpha value is -3.87. The first-order valence-corrected chi connectivity index (χ1v) is 9.10. The molecule has 0 spiro atoms. The average molecular weight is 388 g/mol. The van der Waals surface area contributed by atoms with Crippen molar-refractivity contribution in [3.05, 3.63) is 77.7 Å². The summed E-state index contributed by atoms with van der Waals surface area (Å²) in [6.07, 6.45) is 3.42. The third-order valence-corrected chi connectivity index (χ3v) is 4.50. The molecule has 0 fully saturated rings. The summed E-state index contributed by atoms with van der Waals surface area (Å²) in [7, 11) is 1.57. The summed E-state index contributed by atoms with van der Waals surface area (Å²) in [4.78, 5) is 16.8. The molecule has 4 aromatic rings. The third kappa shape index (κ3) is 4.03. The Bertz CT molecular complexity index is 1160. The zero-order valence-electron chi connectivity index (χ0n) is 16.1. The van der Waals surface area contributed by atoms with Crippen LogP contribution in [0.3, 0.4) is 0 Å². The van der Waals surface area contributed by atoms with E-state index in [-0.39, 0.29) is 5.91 Å². The molecule has 0 saturated heterocycles. The van der Waals surface area contributed by atoms with Crippen LogP contribution in [0.5, 0.6) is 11.5 Å². The van der Waals surface area contributed by atoms with Crippen LogP contribution in [0.15, 0.2) is 60.9 Å². The fourth-order valence-electron chi connectivity index (χ4n) is 3.00. The Morgan fingerprint density at radius 1 is 1.07 bits per heavy atom. The molecule has 0 radical (unpaired) electrons. The van der Waals surface area contributed by atoms with Gasteiger partial charge in [0.2, 0.25) is 0 Å². The lowest BCUT2D eigenvalue weighted by molar-refractivity contribution is 0.102. The minimum absolute atomic E-state index is 0.299. The van der Waals surface area contributed by atoms with Gasteiger partial charge in [-0.1, -0.05) is 11.6 Å². The lowest BCUT2D eigenvalue weighted by Crippen LogP contribution is -2.13. The molecule has 2 aromatic heterocycles. The van der Waals surface area contributed by atoms with Crippen molar-refractivity contribution in [2.75, 3.05) is 12.4 Å². The molecule has 0 atom stereocenters. The van der Waals surface area contributed by atoms with Crippen molar-refractivity contribution in [3.63, 3.8) is 0 Å². The number of amides is 1. The van der Waals surface area contributed by atoms with Crippen LogP contribution in [-0.4, -0.2) is 28.2 Å². The Balaban J connectivity index is 1.55. The van der Waals surface area contributed by atoms with E-state index in [0.29, 0.717) is 29.5 Å². The molecule has 7 heteroatoms. The van der Waals surface area contributed by atoms with E-state index in [0.717, 1.165) is 22.0 Å². The first kappa shape index (κ1) is 18.5. The van der Waals surface area contributed by atoms with Crippen molar-refractivity contribution in [1.82, 2.24) is 15.2 Å². The molecule has 146 valence electrons. The number of pyridine rings is 1. The SMILES string of the molecule is COc1ccc(NC(=O)c2n[nH]c3ccc(C)cc23)cc1OCc1ccncc1. The van der Waals surface area contributed by atoms with Crippen LogP contribution in [0, 0.1) is 6.92 Å². The highest BCUT2D eigenvalue weighted by Gasteiger charge is 2.16. The fraction of sp³-hybridized carbons (Fsp3) is 0.136. The van der Waals surface area contributed by atoms with Crippen LogP contribution in [-0.2, 0) is 6.61 Å². The van der Waals surface area contributed by atoms with E-state index in [9.17, 15) is 4.79 Å². The van der Waals surface area contributed by atoms with Crippen LogP contribution >= 0.6 is 0 Å². The average Bonchev–Trinajstić information content (AvgIpc) is 3.16. The van der Waals surface area contributed by atoms with E-state index in [1.165, 1.54) is 0 Å². The number of rotatable bonds is 6. The first-order chi connectivity index (χ1) is 14.1. The number of aryl methyl sites for hydroxylation is 1. The summed E-state index contributed by atoms with van der Waals surface area (Å²) in [5.41, 5.74) is 3.79. The molecule has 7 nitrogen and oxygen atoms in total. The van der Waals surface area contributed by atoms with Crippen molar-refractivity contribution in [2.45, 2.75) is 13.5 Å². The summed E-state index contributed by atoms with van der Waals surface area (Å²) < 4.78 is 11.3. The lowest BCUT2D eigenvalue weighted by Gasteiger charge is -2.13. The van der Waals surface area contributed by atoms with E-state index in [1.807, 2.05) is 37.3 Å². The molecule has 0 bridgehead atoms. The Morgan fingerprint density at radius 2 is 1.90 bits per heavy atom. The lowest BCUT2D eigenvalue weighted by atomic mass is 10.1. The van der Waals surface area contributed by atoms with Crippen LogP contribution in [0.4, 0.5) is 5.69 Å². The van der Waals surface area contributed by atoms with Crippen LogP contribution < -0.4 is 14.8 Å². The van der Waals surface area contributed by atoms with E-state index >= 15 is 0 Å². The van der Waals surface area contributed by atoms with Gasteiger partial charge in [0, 0.05) is 29.5 Å². The summed E-state index contributed by atoms with van der Waals surface area (Å²) >= 11 is 0. The maximum Gasteiger partial charge on any atom is 0.276 e. The molecule has 2 aromatic carbocycles. The number of hydrogen-bond acceptors (Lipinski definition) is 5. The minimum atomic E-state index is -0.299. The standard InChI is InChI=1S/C22H20N4O3/c1-14-3-5-18-17(11-14)21(26-25-18)22(27)24-16-4-6-19(28-2)20(12-16)29-13-15-7-9-23-10-8-15/h3-12H,13H2,1-2H3,(H,24,27)(H,25,26). The van der Waals surface area contributed by atoms with Crippen molar-refractivity contribution < 1.29 is 14.3 Å². The summed E-state index contributed by atoms with van der Waals surface area (Å²) in [6.45, 7) is 2.34. The number of methoxy groups -OCH3 is 1. The smallest absolute Gasteiger partial charge is 0.276 e. The molecule has 2 N–H and O–H groups in total. The number of H-pyrrole nitrogens is 1. The number of nitrogens with zero attached hydrogens (tertiary/aromatic N) is 2. The largest absolute Gasteiger partial charge is 0.493 e. The zero-order valence-corrected chi connectivity index (χ0v) is 16.1. The number of anilines is 1. The number of aromatic amines is 1. The van der Waals surface area contributed by atoms with Crippen molar-refractivity contribution >= 4 is 22.5 Å².